The van der Waals surface area contributed by atoms with Gasteiger partial charge in [-0.25, -0.2) is 0 Å². The van der Waals surface area contributed by atoms with E-state index in [1.165, 1.54) is 0 Å². The van der Waals surface area contributed by atoms with Crippen LogP contribution in [0.15, 0.2) is 12.2 Å². The van der Waals surface area contributed by atoms with E-state index >= 15 is 0 Å². The number of Topliss-reactive ketones (excluding diaryl/α,β-unsaturated/α-hetero) is 1. The van der Waals surface area contributed by atoms with Crippen LogP contribution in [0.25, 0.3) is 0 Å². The summed E-state index contributed by atoms with van der Waals surface area (Å²) in [5.74, 6) is 0.601. The first kappa shape index (κ1) is 11.8. The molecule has 0 radical (unpaired) electrons. The Morgan fingerprint density at radius 1 is 1.38 bits per heavy atom. The van der Waals surface area contributed by atoms with Crippen LogP contribution < -0.4 is 0 Å². The molecule has 2 rings (SSSR count). The Morgan fingerprint density at radius 2 is 1.94 bits per heavy atom. The second-order valence-electron chi connectivity index (χ2n) is 5.28. The number of piperidine rings is 1. The third-order valence-corrected chi connectivity index (χ3v) is 3.82. The molecule has 3 heteroatoms. The van der Waals surface area contributed by atoms with E-state index < -0.39 is 0 Å². The lowest BCUT2D eigenvalue weighted by molar-refractivity contribution is -0.130. The minimum Gasteiger partial charge on any atom is -0.378 e. The Morgan fingerprint density at radius 3 is 2.44 bits per heavy atom. The number of carbonyl (C=O) groups excluding carboxylic acids is 1. The quantitative estimate of drug-likeness (QED) is 0.681. The molecular formula is C13H21NO2. The standard InChI is InChI=1S/C13H21NO2/c1-9(2)4-13(15)10-5-11-7-16-8-12(6-10)14(11)3/h10-12H,1,4-8H2,2-3H3. The first-order chi connectivity index (χ1) is 7.58. The van der Waals surface area contributed by atoms with E-state index in [9.17, 15) is 4.79 Å². The predicted molar refractivity (Wildman–Crippen MR) is 63.3 cm³/mol. The van der Waals surface area contributed by atoms with E-state index in [4.69, 9.17) is 4.74 Å². The third kappa shape index (κ3) is 2.36. The average molecular weight is 223 g/mol. The molecule has 2 fully saturated rings. The van der Waals surface area contributed by atoms with Crippen molar-refractivity contribution in [2.24, 2.45) is 5.92 Å². The van der Waals surface area contributed by atoms with E-state index in [2.05, 4.69) is 18.5 Å². The predicted octanol–water partition coefficient (Wildman–Crippen LogP) is 1.63. The number of fused-ring (bicyclic) bond motifs is 2. The molecule has 0 spiro atoms. The molecule has 2 heterocycles. The van der Waals surface area contributed by atoms with Crippen molar-refractivity contribution in [3.8, 4) is 0 Å². The lowest BCUT2D eigenvalue weighted by Crippen LogP contribution is -2.55. The van der Waals surface area contributed by atoms with Gasteiger partial charge >= 0.3 is 0 Å². The van der Waals surface area contributed by atoms with E-state index in [0.29, 0.717) is 24.3 Å². The number of hydrogen-bond donors (Lipinski definition) is 0. The summed E-state index contributed by atoms with van der Waals surface area (Å²) in [5, 5.41) is 0. The number of allylic oxidation sites excluding steroid dienone is 1. The van der Waals surface area contributed by atoms with Crippen LogP contribution in [0.1, 0.15) is 26.2 Å². The fourth-order valence-corrected chi connectivity index (χ4v) is 2.80. The van der Waals surface area contributed by atoms with Gasteiger partial charge in [-0.05, 0) is 26.8 Å². The van der Waals surface area contributed by atoms with Gasteiger partial charge in [-0.1, -0.05) is 12.2 Å². The normalized spacial score (nSPS) is 34.8. The van der Waals surface area contributed by atoms with Gasteiger partial charge in [0.1, 0.15) is 5.78 Å². The van der Waals surface area contributed by atoms with Crippen molar-refractivity contribution in [1.29, 1.82) is 0 Å². The summed E-state index contributed by atoms with van der Waals surface area (Å²) >= 11 is 0. The number of likely N-dealkylation sites (N-methyl/N-ethyl adjacent to an activating group) is 1. The van der Waals surface area contributed by atoms with Crippen molar-refractivity contribution in [2.75, 3.05) is 20.3 Å². The highest BCUT2D eigenvalue weighted by Crippen LogP contribution is 2.31. The van der Waals surface area contributed by atoms with Crippen LogP contribution in [0, 0.1) is 5.92 Å². The van der Waals surface area contributed by atoms with Crippen LogP contribution >= 0.6 is 0 Å². The van der Waals surface area contributed by atoms with Crippen molar-refractivity contribution in [2.45, 2.75) is 38.3 Å². The van der Waals surface area contributed by atoms with Crippen molar-refractivity contribution in [3.63, 3.8) is 0 Å². The minimum atomic E-state index is 0.229. The molecule has 0 aromatic heterocycles. The van der Waals surface area contributed by atoms with Crippen LogP contribution in [0.3, 0.4) is 0 Å². The third-order valence-electron chi connectivity index (χ3n) is 3.82. The van der Waals surface area contributed by atoms with Crippen LogP contribution in [0.2, 0.25) is 0 Å². The largest absolute Gasteiger partial charge is 0.378 e. The highest BCUT2D eigenvalue weighted by molar-refractivity contribution is 5.83. The number of ether oxygens (including phenoxy) is 1. The maximum atomic E-state index is 12.0. The summed E-state index contributed by atoms with van der Waals surface area (Å²) < 4.78 is 5.55. The number of carbonyl (C=O) groups is 1. The fraction of sp³-hybridized carbons (Fsp3) is 0.769. The van der Waals surface area contributed by atoms with E-state index in [1.807, 2.05) is 6.92 Å². The van der Waals surface area contributed by atoms with Gasteiger partial charge < -0.3 is 4.74 Å². The summed E-state index contributed by atoms with van der Waals surface area (Å²) in [7, 11) is 2.15. The molecule has 0 saturated carbocycles. The summed E-state index contributed by atoms with van der Waals surface area (Å²) in [6.07, 6.45) is 2.47. The van der Waals surface area contributed by atoms with Crippen molar-refractivity contribution in [3.05, 3.63) is 12.2 Å². The Balaban J connectivity index is 1.99. The molecule has 16 heavy (non-hydrogen) atoms. The number of nitrogens with zero attached hydrogens (tertiary/aromatic N) is 1. The van der Waals surface area contributed by atoms with E-state index in [-0.39, 0.29) is 5.92 Å². The van der Waals surface area contributed by atoms with Crippen LogP contribution in [0.4, 0.5) is 0 Å². The van der Waals surface area contributed by atoms with E-state index in [1.54, 1.807) is 0 Å². The van der Waals surface area contributed by atoms with Crippen molar-refractivity contribution in [1.82, 2.24) is 4.90 Å². The highest BCUT2D eigenvalue weighted by atomic mass is 16.5. The zero-order valence-electron chi connectivity index (χ0n) is 10.2. The first-order valence-electron chi connectivity index (χ1n) is 6.04. The Labute approximate surface area is 97.5 Å². The van der Waals surface area contributed by atoms with Gasteiger partial charge in [-0.2, -0.15) is 0 Å². The Hall–Kier alpha value is -0.670. The van der Waals surface area contributed by atoms with Gasteiger partial charge in [0.25, 0.3) is 0 Å². The van der Waals surface area contributed by atoms with Crippen molar-refractivity contribution < 1.29 is 9.53 Å². The molecule has 0 amide bonds. The molecule has 2 aliphatic rings. The zero-order valence-corrected chi connectivity index (χ0v) is 10.2. The molecule has 2 saturated heterocycles. The maximum absolute atomic E-state index is 12.0. The molecule has 2 unspecified atom stereocenters. The molecule has 0 N–H and O–H groups in total. The lowest BCUT2D eigenvalue weighted by Gasteiger charge is -2.46. The molecule has 2 bridgehead atoms. The second kappa shape index (κ2) is 4.68. The summed E-state index contributed by atoms with van der Waals surface area (Å²) in [6.45, 7) is 7.31. The monoisotopic (exact) mass is 223 g/mol. The number of ketones is 1. The van der Waals surface area contributed by atoms with Gasteiger partial charge in [0.15, 0.2) is 0 Å². The molecule has 2 atom stereocenters. The molecule has 90 valence electrons. The summed E-state index contributed by atoms with van der Waals surface area (Å²) in [4.78, 5) is 14.4. The topological polar surface area (TPSA) is 29.5 Å². The molecular weight excluding hydrogens is 202 g/mol. The van der Waals surface area contributed by atoms with Crippen LogP contribution in [-0.2, 0) is 9.53 Å². The molecule has 0 aliphatic carbocycles. The second-order valence-corrected chi connectivity index (χ2v) is 5.28. The van der Waals surface area contributed by atoms with Crippen molar-refractivity contribution >= 4 is 5.78 Å². The number of morpholine rings is 1. The molecule has 2 aliphatic heterocycles. The van der Waals surface area contributed by atoms with Gasteiger partial charge in [0.05, 0.1) is 13.2 Å². The fourth-order valence-electron chi connectivity index (χ4n) is 2.80. The van der Waals surface area contributed by atoms with Gasteiger partial charge in [-0.3, -0.25) is 9.69 Å². The SMILES string of the molecule is C=C(C)CC(=O)C1CC2COCC(C1)N2C. The van der Waals surface area contributed by atoms with Crippen LogP contribution in [0.5, 0.6) is 0 Å². The van der Waals surface area contributed by atoms with Gasteiger partial charge in [0.2, 0.25) is 0 Å². The summed E-state index contributed by atoms with van der Waals surface area (Å²) in [5.41, 5.74) is 0.977. The summed E-state index contributed by atoms with van der Waals surface area (Å²) in [6, 6.07) is 0.873. The van der Waals surface area contributed by atoms with Gasteiger partial charge in [0, 0.05) is 24.4 Å². The maximum Gasteiger partial charge on any atom is 0.140 e. The number of rotatable bonds is 3. The lowest BCUT2D eigenvalue weighted by atomic mass is 9.81. The van der Waals surface area contributed by atoms with Gasteiger partial charge in [-0.15, -0.1) is 0 Å². The van der Waals surface area contributed by atoms with Crippen LogP contribution in [-0.4, -0.2) is 43.0 Å². The smallest absolute Gasteiger partial charge is 0.140 e. The Kier molecular flexibility index (Phi) is 3.45. The first-order valence-corrected chi connectivity index (χ1v) is 6.04. The van der Waals surface area contributed by atoms with E-state index in [0.717, 1.165) is 31.6 Å². The molecule has 0 aromatic carbocycles. The average Bonchev–Trinajstić information content (AvgIpc) is 2.15. The number of hydrogen-bond acceptors (Lipinski definition) is 3. The zero-order chi connectivity index (χ0) is 11.7. The minimum absolute atomic E-state index is 0.229. The molecule has 0 aromatic rings. The molecule has 3 nitrogen and oxygen atoms in total. The Bertz CT molecular complexity index is 286. The highest BCUT2D eigenvalue weighted by Gasteiger charge is 2.38.